The SMILES string of the molecule is COc1ccc(NC(=O)CNC2CCN(CCCC(=O)c3ccccc3)CC2)cc1. The first-order chi connectivity index (χ1) is 14.6. The summed E-state index contributed by atoms with van der Waals surface area (Å²) in [5, 5.41) is 6.26. The van der Waals surface area contributed by atoms with Gasteiger partial charge in [0.15, 0.2) is 5.78 Å². The van der Waals surface area contributed by atoms with Gasteiger partial charge >= 0.3 is 0 Å². The van der Waals surface area contributed by atoms with E-state index in [4.69, 9.17) is 4.74 Å². The number of ether oxygens (including phenoxy) is 1. The molecule has 2 aromatic rings. The molecule has 0 radical (unpaired) electrons. The predicted octanol–water partition coefficient (Wildman–Crippen LogP) is 3.35. The van der Waals surface area contributed by atoms with Crippen molar-refractivity contribution in [3.05, 3.63) is 60.2 Å². The number of ketones is 1. The molecule has 1 fully saturated rings. The number of benzene rings is 2. The average Bonchev–Trinajstić information content (AvgIpc) is 2.79. The maximum Gasteiger partial charge on any atom is 0.238 e. The summed E-state index contributed by atoms with van der Waals surface area (Å²) in [5.74, 6) is 0.944. The number of carbonyl (C=O) groups is 2. The standard InChI is InChI=1S/C24H31N3O3/c1-30-22-11-9-21(10-12-22)26-24(29)18-25-20-13-16-27(17-14-20)15-5-8-23(28)19-6-3-2-4-7-19/h2-4,6-7,9-12,20,25H,5,8,13-18H2,1H3,(H,26,29). The van der Waals surface area contributed by atoms with E-state index in [1.165, 1.54) is 0 Å². The summed E-state index contributed by atoms with van der Waals surface area (Å²) in [5.41, 5.74) is 1.57. The fourth-order valence-corrected chi connectivity index (χ4v) is 3.71. The number of hydrogen-bond acceptors (Lipinski definition) is 5. The first-order valence-corrected chi connectivity index (χ1v) is 10.6. The van der Waals surface area contributed by atoms with Crippen LogP contribution in [0.4, 0.5) is 5.69 Å². The molecule has 0 saturated carbocycles. The number of anilines is 1. The monoisotopic (exact) mass is 409 g/mol. The third kappa shape index (κ3) is 6.97. The zero-order chi connectivity index (χ0) is 21.2. The topological polar surface area (TPSA) is 70.7 Å². The smallest absolute Gasteiger partial charge is 0.238 e. The Morgan fingerprint density at radius 2 is 1.73 bits per heavy atom. The molecule has 1 heterocycles. The van der Waals surface area contributed by atoms with E-state index in [2.05, 4.69) is 15.5 Å². The van der Waals surface area contributed by atoms with Gasteiger partial charge in [-0.3, -0.25) is 9.59 Å². The normalized spacial score (nSPS) is 15.0. The maximum atomic E-state index is 12.2. The van der Waals surface area contributed by atoms with Crippen molar-refractivity contribution in [2.45, 2.75) is 31.7 Å². The Hall–Kier alpha value is -2.70. The highest BCUT2D eigenvalue weighted by Crippen LogP contribution is 2.15. The molecule has 0 bridgehead atoms. The van der Waals surface area contributed by atoms with Crippen LogP contribution in [0, 0.1) is 0 Å². The highest BCUT2D eigenvalue weighted by Gasteiger charge is 2.19. The van der Waals surface area contributed by atoms with E-state index in [9.17, 15) is 9.59 Å². The number of carbonyl (C=O) groups excluding carboxylic acids is 2. The van der Waals surface area contributed by atoms with Gasteiger partial charge in [0.05, 0.1) is 13.7 Å². The first-order valence-electron chi connectivity index (χ1n) is 10.6. The number of nitrogens with zero attached hydrogens (tertiary/aromatic N) is 1. The molecular formula is C24H31N3O3. The number of likely N-dealkylation sites (tertiary alicyclic amines) is 1. The van der Waals surface area contributed by atoms with Gasteiger partial charge in [-0.1, -0.05) is 30.3 Å². The van der Waals surface area contributed by atoms with Crippen LogP contribution < -0.4 is 15.4 Å². The van der Waals surface area contributed by atoms with E-state index in [-0.39, 0.29) is 11.7 Å². The molecular weight excluding hydrogens is 378 g/mol. The molecule has 3 rings (SSSR count). The molecule has 0 aliphatic carbocycles. The van der Waals surface area contributed by atoms with Crippen LogP contribution in [0.5, 0.6) is 5.75 Å². The van der Waals surface area contributed by atoms with E-state index in [1.54, 1.807) is 7.11 Å². The van der Waals surface area contributed by atoms with E-state index in [1.807, 2.05) is 54.6 Å². The predicted molar refractivity (Wildman–Crippen MR) is 119 cm³/mol. The van der Waals surface area contributed by atoms with Gasteiger partial charge in [-0.2, -0.15) is 0 Å². The largest absolute Gasteiger partial charge is 0.497 e. The van der Waals surface area contributed by atoms with Crippen molar-refractivity contribution in [1.29, 1.82) is 0 Å². The third-order valence-electron chi connectivity index (χ3n) is 5.49. The molecule has 2 aromatic carbocycles. The summed E-state index contributed by atoms with van der Waals surface area (Å²) in [7, 11) is 1.62. The molecule has 1 aliphatic rings. The third-order valence-corrected chi connectivity index (χ3v) is 5.49. The van der Waals surface area contributed by atoms with E-state index >= 15 is 0 Å². The second-order valence-corrected chi connectivity index (χ2v) is 7.67. The van der Waals surface area contributed by atoms with Crippen molar-refractivity contribution in [1.82, 2.24) is 10.2 Å². The fourth-order valence-electron chi connectivity index (χ4n) is 3.71. The van der Waals surface area contributed by atoms with Crippen LogP contribution in [0.15, 0.2) is 54.6 Å². The number of Topliss-reactive ketones (excluding diaryl/α,β-unsaturated/α-hetero) is 1. The van der Waals surface area contributed by atoms with Crippen molar-refractivity contribution in [3.63, 3.8) is 0 Å². The minimum Gasteiger partial charge on any atom is -0.497 e. The lowest BCUT2D eigenvalue weighted by molar-refractivity contribution is -0.115. The van der Waals surface area contributed by atoms with Crippen LogP contribution >= 0.6 is 0 Å². The van der Waals surface area contributed by atoms with Crippen molar-refractivity contribution in [2.24, 2.45) is 0 Å². The fraction of sp³-hybridized carbons (Fsp3) is 0.417. The molecule has 1 amide bonds. The van der Waals surface area contributed by atoms with E-state index in [0.29, 0.717) is 19.0 Å². The zero-order valence-corrected chi connectivity index (χ0v) is 17.6. The van der Waals surface area contributed by atoms with Gasteiger partial charge in [-0.05, 0) is 63.2 Å². The summed E-state index contributed by atoms with van der Waals surface area (Å²) in [4.78, 5) is 26.7. The molecule has 0 spiro atoms. The van der Waals surface area contributed by atoms with E-state index in [0.717, 1.165) is 55.9 Å². The summed E-state index contributed by atoms with van der Waals surface area (Å²) in [6.07, 6.45) is 3.51. The molecule has 0 unspecified atom stereocenters. The Balaban J connectivity index is 1.28. The van der Waals surface area contributed by atoms with Crippen molar-refractivity contribution in [3.8, 4) is 5.75 Å². The van der Waals surface area contributed by atoms with E-state index < -0.39 is 0 Å². The van der Waals surface area contributed by atoms with Gasteiger partial charge in [0.25, 0.3) is 0 Å². The number of amides is 1. The van der Waals surface area contributed by atoms with Crippen LogP contribution in [0.1, 0.15) is 36.0 Å². The van der Waals surface area contributed by atoms with Crippen LogP contribution in [0.25, 0.3) is 0 Å². The Kier molecular flexibility index (Phi) is 8.41. The van der Waals surface area contributed by atoms with Crippen molar-refractivity contribution in [2.75, 3.05) is 38.6 Å². The van der Waals surface area contributed by atoms with Gasteiger partial charge in [-0.15, -0.1) is 0 Å². The quantitative estimate of drug-likeness (QED) is 0.589. The zero-order valence-electron chi connectivity index (χ0n) is 17.6. The van der Waals surface area contributed by atoms with Crippen LogP contribution in [-0.4, -0.2) is 55.9 Å². The minimum absolute atomic E-state index is 0.0398. The number of rotatable bonds is 10. The Morgan fingerprint density at radius 3 is 2.40 bits per heavy atom. The summed E-state index contributed by atoms with van der Waals surface area (Å²) >= 11 is 0. The number of hydrogen-bond donors (Lipinski definition) is 2. The molecule has 0 aromatic heterocycles. The lowest BCUT2D eigenvalue weighted by Gasteiger charge is -2.32. The maximum absolute atomic E-state index is 12.2. The molecule has 2 N–H and O–H groups in total. The highest BCUT2D eigenvalue weighted by molar-refractivity contribution is 5.96. The lowest BCUT2D eigenvalue weighted by atomic mass is 10.0. The Labute approximate surface area is 178 Å². The Bertz CT molecular complexity index is 800. The van der Waals surface area contributed by atoms with Gasteiger partial charge < -0.3 is 20.3 Å². The van der Waals surface area contributed by atoms with Crippen LogP contribution in [0.3, 0.4) is 0 Å². The van der Waals surface area contributed by atoms with Gasteiger partial charge in [-0.25, -0.2) is 0 Å². The lowest BCUT2D eigenvalue weighted by Crippen LogP contribution is -2.45. The second kappa shape index (κ2) is 11.5. The number of nitrogens with one attached hydrogen (secondary N) is 2. The van der Waals surface area contributed by atoms with Crippen LogP contribution in [-0.2, 0) is 4.79 Å². The second-order valence-electron chi connectivity index (χ2n) is 7.67. The minimum atomic E-state index is -0.0398. The van der Waals surface area contributed by atoms with Gasteiger partial charge in [0, 0.05) is 23.7 Å². The number of methoxy groups -OCH3 is 1. The summed E-state index contributed by atoms with van der Waals surface area (Å²) < 4.78 is 5.12. The molecule has 0 atom stereocenters. The molecule has 1 aliphatic heterocycles. The highest BCUT2D eigenvalue weighted by atomic mass is 16.5. The van der Waals surface area contributed by atoms with Crippen molar-refractivity contribution < 1.29 is 14.3 Å². The average molecular weight is 410 g/mol. The first kappa shape index (κ1) is 22.0. The van der Waals surface area contributed by atoms with Crippen molar-refractivity contribution >= 4 is 17.4 Å². The Morgan fingerprint density at radius 1 is 1.03 bits per heavy atom. The molecule has 1 saturated heterocycles. The molecule has 30 heavy (non-hydrogen) atoms. The van der Waals surface area contributed by atoms with Crippen LogP contribution in [0.2, 0.25) is 0 Å². The number of piperidine rings is 1. The molecule has 6 heteroatoms. The van der Waals surface area contributed by atoms with Gasteiger partial charge in [0.2, 0.25) is 5.91 Å². The molecule has 6 nitrogen and oxygen atoms in total. The summed E-state index contributed by atoms with van der Waals surface area (Å²) in [6, 6.07) is 17.2. The van der Waals surface area contributed by atoms with Gasteiger partial charge in [0.1, 0.15) is 5.75 Å². The summed E-state index contributed by atoms with van der Waals surface area (Å²) in [6.45, 7) is 3.25. The molecule has 160 valence electrons.